The molecule has 2 spiro atoms. The summed E-state index contributed by atoms with van der Waals surface area (Å²) in [5.74, 6) is 0.379. The number of ketones is 1. The minimum atomic E-state index is -0.820. The predicted molar refractivity (Wildman–Crippen MR) is 306 cm³/mol. The molecule has 6 aliphatic rings. The van der Waals surface area contributed by atoms with Crippen molar-refractivity contribution in [1.82, 2.24) is 45.8 Å². The summed E-state index contributed by atoms with van der Waals surface area (Å²) in [6, 6.07) is 34.1. The minimum Gasteiger partial charge on any atom is -0.510 e. The third-order valence-electron chi connectivity index (χ3n) is 15.7. The van der Waals surface area contributed by atoms with Crippen molar-refractivity contribution in [3.63, 3.8) is 0 Å². The number of nitrogens with zero attached hydrogens (tertiary/aromatic N) is 5. The minimum absolute atomic E-state index is 0.00168. The number of nitrogens with one attached hydrogen (secondary N) is 4. The smallest absolute Gasteiger partial charge is 0.418 e. The van der Waals surface area contributed by atoms with Crippen molar-refractivity contribution in [3.8, 4) is 34.2 Å². The number of rotatable bonds is 8. The average molecular weight is 1150 g/mol. The van der Waals surface area contributed by atoms with Crippen molar-refractivity contribution >= 4 is 51.4 Å². The molecule has 1 atom stereocenters. The van der Waals surface area contributed by atoms with Crippen LogP contribution in [0, 0.1) is 0 Å². The number of ether oxygens (including phenoxy) is 1. The molecule has 2 fully saturated rings. The number of carbonyl (C=O) groups is 6. The Hall–Kier alpha value is -8.64. The number of aryl methyl sites for hydroxylation is 2. The van der Waals surface area contributed by atoms with Gasteiger partial charge < -0.3 is 30.8 Å². The van der Waals surface area contributed by atoms with E-state index in [-0.39, 0.29) is 39.6 Å². The van der Waals surface area contributed by atoms with Gasteiger partial charge in [-0.1, -0.05) is 101 Å². The van der Waals surface area contributed by atoms with Gasteiger partial charge >= 0.3 is 6.09 Å². The second-order valence-corrected chi connectivity index (χ2v) is 23.3. The molecule has 7 aromatic rings. The van der Waals surface area contributed by atoms with Gasteiger partial charge in [0.2, 0.25) is 0 Å². The number of aliphatic hydroxyl groups is 1. The molecule has 4 aliphatic carbocycles. The summed E-state index contributed by atoms with van der Waals surface area (Å²) in [5, 5.41) is 18.9. The Morgan fingerprint density at radius 3 is 1.75 bits per heavy atom. The molecule has 2 aliphatic heterocycles. The third-order valence-corrected chi connectivity index (χ3v) is 16.6. The zero-order valence-electron chi connectivity index (χ0n) is 45.1. The number of Topliss-reactive ketones (excluding diaryl/α,β-unsaturated/α-hetero) is 1. The van der Waals surface area contributed by atoms with Crippen LogP contribution in [0.25, 0.3) is 34.2 Å². The van der Waals surface area contributed by atoms with Gasteiger partial charge in [-0.25, -0.2) is 29.6 Å². The van der Waals surface area contributed by atoms with Crippen molar-refractivity contribution in [3.05, 3.63) is 189 Å². The Kier molecular flexibility index (Phi) is 14.8. The number of aromatic amines is 1. The van der Waals surface area contributed by atoms with Crippen LogP contribution in [-0.4, -0.2) is 86.4 Å². The summed E-state index contributed by atoms with van der Waals surface area (Å²) in [7, 11) is 0. The normalized spacial score (nSPS) is 17.5. The van der Waals surface area contributed by atoms with E-state index in [1.54, 1.807) is 63.4 Å². The zero-order valence-corrected chi connectivity index (χ0v) is 46.7. The van der Waals surface area contributed by atoms with Crippen LogP contribution in [0.4, 0.5) is 4.79 Å². The molecule has 3 aromatic heterocycles. The lowest BCUT2D eigenvalue weighted by Gasteiger charge is -2.44. The molecule has 1 unspecified atom stereocenters. The second-order valence-electron chi connectivity index (χ2n) is 22.2. The van der Waals surface area contributed by atoms with Crippen molar-refractivity contribution in [2.24, 2.45) is 0 Å². The highest BCUT2D eigenvalue weighted by Gasteiger charge is 2.56. The van der Waals surface area contributed by atoms with Crippen LogP contribution < -0.4 is 16.0 Å². The van der Waals surface area contributed by atoms with E-state index in [1.807, 2.05) is 79.0 Å². The van der Waals surface area contributed by atoms with E-state index in [2.05, 4.69) is 51.8 Å². The number of H-pyrrole nitrogens is 1. The molecule has 81 heavy (non-hydrogen) atoms. The van der Waals surface area contributed by atoms with Crippen molar-refractivity contribution in [1.29, 1.82) is 0 Å². The molecule has 5 amide bonds. The van der Waals surface area contributed by atoms with Crippen molar-refractivity contribution in [2.75, 3.05) is 0 Å². The Morgan fingerprint density at radius 2 is 1.25 bits per heavy atom. The Morgan fingerprint density at radius 1 is 0.716 bits per heavy atom. The van der Waals surface area contributed by atoms with Gasteiger partial charge in [0.05, 0.1) is 33.0 Å². The molecule has 412 valence electrons. The van der Waals surface area contributed by atoms with Crippen LogP contribution >= 0.6 is 15.9 Å². The summed E-state index contributed by atoms with van der Waals surface area (Å²) in [6.07, 6.45) is 12.5. The predicted octanol–water partition coefficient (Wildman–Crippen LogP) is 10.4. The fourth-order valence-electron chi connectivity index (χ4n) is 11.1. The quantitative estimate of drug-likeness (QED) is 0.0894. The van der Waals surface area contributed by atoms with Gasteiger partial charge in [0, 0.05) is 53.8 Å². The number of aliphatic hydroxyl groups excluding tert-OH is 1. The zero-order chi connectivity index (χ0) is 56.6. The summed E-state index contributed by atoms with van der Waals surface area (Å²) < 4.78 is 5.19. The molecule has 17 nitrogen and oxygen atoms in total. The highest BCUT2D eigenvalue weighted by Crippen LogP contribution is 2.50. The highest BCUT2D eigenvalue weighted by atomic mass is 79.9. The first-order chi connectivity index (χ1) is 39.0. The van der Waals surface area contributed by atoms with Crippen molar-refractivity contribution in [2.45, 2.75) is 120 Å². The SMILES string of the molecule is CC(C)(C)OC(=O)N1C(=O)C=C(O)C12CCC2.O=C(NCc1ccccc1)c1ccc(-c2ncc3c(n2)-c2[nH]c4c(c2CC3)C(=O)NC42CCC2)cc1.O=C(NCc1ccccc1)c1ccc(-c2ncc3c(n2)C(=O)C(Br)CC3)cc1. The number of aromatic nitrogens is 5. The molecule has 0 saturated heterocycles. The summed E-state index contributed by atoms with van der Waals surface area (Å²) in [5.41, 5.74) is 10.4. The third kappa shape index (κ3) is 10.9. The number of hydrogen-bond acceptors (Lipinski definition) is 12. The fraction of sp³-hybridized carbons (Fsp3) is 0.302. The lowest BCUT2D eigenvalue weighted by molar-refractivity contribution is -0.130. The molecule has 0 bridgehead atoms. The van der Waals surface area contributed by atoms with Gasteiger partial charge in [-0.3, -0.25) is 24.0 Å². The maximum Gasteiger partial charge on any atom is 0.418 e. The number of imide groups is 1. The molecular weight excluding hydrogens is 1090 g/mol. The molecule has 13 rings (SSSR count). The standard InChI is InChI=1S/C29H25N5O2.C22H18BrN3O2.C12H17NO4/c35-27(31-15-17-5-2-1-3-6-17)19-9-7-18(8-10-19)26-30-16-20-11-12-21-22-25(32-24(21)23(20)33-26)29(13-4-14-29)34-28(22)36;23-18-11-10-17-13-24-21(26-19(17)20(18)27)15-6-8-16(9-7-15)22(28)25-12-14-4-2-1-3-5-14;1-11(2,3)17-10(16)13-9(15)7-8(14)12(13)5-4-6-12/h1-3,5-10,16,32H,4,11-15H2,(H,31,35)(H,34,36);1-9,13,18H,10-12H2,(H,25,28);7,14H,4-6H2,1-3H3. The van der Waals surface area contributed by atoms with Gasteiger partial charge in [0.15, 0.2) is 17.4 Å². The number of carbonyl (C=O) groups excluding carboxylic acids is 6. The molecule has 5 N–H and O–H groups in total. The van der Waals surface area contributed by atoms with E-state index >= 15 is 0 Å². The van der Waals surface area contributed by atoms with E-state index in [0.717, 1.165) is 124 Å². The van der Waals surface area contributed by atoms with Gasteiger partial charge in [-0.05, 0) is 137 Å². The van der Waals surface area contributed by atoms with Crippen LogP contribution in [-0.2, 0) is 47.4 Å². The monoisotopic (exact) mass is 1150 g/mol. The van der Waals surface area contributed by atoms with Gasteiger partial charge in [0.25, 0.3) is 23.6 Å². The van der Waals surface area contributed by atoms with Crippen LogP contribution in [0.1, 0.15) is 141 Å². The van der Waals surface area contributed by atoms with Gasteiger partial charge in [0.1, 0.15) is 22.6 Å². The Labute approximate surface area is 476 Å². The van der Waals surface area contributed by atoms with Crippen LogP contribution in [0.15, 0.2) is 133 Å². The Bertz CT molecular complexity index is 3640. The van der Waals surface area contributed by atoms with Crippen LogP contribution in [0.2, 0.25) is 0 Å². The topological polar surface area (TPSA) is 239 Å². The molecule has 18 heteroatoms. The van der Waals surface area contributed by atoms with Crippen LogP contribution in [0.3, 0.4) is 0 Å². The number of benzene rings is 4. The first-order valence-corrected chi connectivity index (χ1v) is 28.2. The van der Waals surface area contributed by atoms with E-state index < -0.39 is 23.1 Å². The summed E-state index contributed by atoms with van der Waals surface area (Å²) in [4.78, 5) is 96.7. The number of amides is 5. The van der Waals surface area contributed by atoms with E-state index in [0.29, 0.717) is 54.4 Å². The lowest BCUT2D eigenvalue weighted by Crippen LogP contribution is -2.56. The number of halogens is 1. The van der Waals surface area contributed by atoms with E-state index in [1.165, 1.54) is 0 Å². The van der Waals surface area contributed by atoms with Gasteiger partial charge in [-0.2, -0.15) is 0 Å². The largest absolute Gasteiger partial charge is 0.510 e. The second kappa shape index (κ2) is 22.1. The maximum atomic E-state index is 12.8. The number of alkyl halides is 1. The molecular formula is C63H60BrN9O8. The lowest BCUT2D eigenvalue weighted by atomic mass is 9.75. The molecule has 0 radical (unpaired) electrons. The maximum absolute atomic E-state index is 12.8. The first-order valence-electron chi connectivity index (χ1n) is 27.3. The highest BCUT2D eigenvalue weighted by molar-refractivity contribution is 9.10. The first kappa shape index (κ1) is 54.3. The number of hydrogen-bond donors (Lipinski definition) is 5. The van der Waals surface area contributed by atoms with E-state index in [9.17, 15) is 33.9 Å². The van der Waals surface area contributed by atoms with Gasteiger partial charge in [-0.15, -0.1) is 0 Å². The fourth-order valence-corrected chi connectivity index (χ4v) is 11.5. The average Bonchev–Trinajstić information content (AvgIpc) is 3.59. The van der Waals surface area contributed by atoms with Crippen LogP contribution in [0.5, 0.6) is 0 Å². The molecule has 5 heterocycles. The summed E-state index contributed by atoms with van der Waals surface area (Å²) in [6.45, 7) is 6.19. The van der Waals surface area contributed by atoms with E-state index in [4.69, 9.17) is 9.72 Å². The Balaban J connectivity index is 0.000000136. The number of fused-ring (bicyclic) bond motifs is 7. The molecule has 2 saturated carbocycles. The molecule has 4 aromatic carbocycles. The van der Waals surface area contributed by atoms with Crippen molar-refractivity contribution < 1.29 is 38.6 Å². The summed E-state index contributed by atoms with van der Waals surface area (Å²) >= 11 is 3.41.